The van der Waals surface area contributed by atoms with Gasteiger partial charge in [-0.2, -0.15) is 13.2 Å². The number of urea groups is 1. The summed E-state index contributed by atoms with van der Waals surface area (Å²) in [4.78, 5) is 12.3. The van der Waals surface area contributed by atoms with Gasteiger partial charge in [-0.3, -0.25) is 0 Å². The molecule has 4 aliphatic rings. The van der Waals surface area contributed by atoms with E-state index in [0.717, 1.165) is 35.6 Å². The van der Waals surface area contributed by atoms with Gasteiger partial charge >= 0.3 is 12.2 Å². The third-order valence-electron chi connectivity index (χ3n) is 8.30. The fourth-order valence-electron chi connectivity index (χ4n) is 6.98. The van der Waals surface area contributed by atoms with Crippen LogP contribution in [0.4, 0.5) is 29.3 Å². The van der Waals surface area contributed by atoms with Crippen LogP contribution in [0.1, 0.15) is 43.2 Å². The van der Waals surface area contributed by atoms with Gasteiger partial charge in [-0.05, 0) is 115 Å². The highest BCUT2D eigenvalue weighted by Gasteiger charge is 2.58. The van der Waals surface area contributed by atoms with E-state index in [-0.39, 0.29) is 5.69 Å². The number of anilines is 2. The van der Waals surface area contributed by atoms with Gasteiger partial charge in [0, 0.05) is 11.4 Å². The van der Waals surface area contributed by atoms with Crippen molar-refractivity contribution in [2.45, 2.75) is 43.7 Å². The van der Waals surface area contributed by atoms with E-state index >= 15 is 0 Å². The van der Waals surface area contributed by atoms with Crippen LogP contribution in [0.5, 0.6) is 11.5 Å². The number of nitrogens with one attached hydrogen (secondary N) is 2. The molecule has 37 heavy (non-hydrogen) atoms. The van der Waals surface area contributed by atoms with Crippen LogP contribution in [0.3, 0.4) is 0 Å². The molecule has 0 saturated heterocycles. The van der Waals surface area contributed by atoms with Crippen molar-refractivity contribution in [2.75, 3.05) is 10.6 Å². The number of ether oxygens (including phenoxy) is 1. The average Bonchev–Trinajstić information content (AvgIpc) is 3.25. The first kappa shape index (κ1) is 24.2. The summed E-state index contributed by atoms with van der Waals surface area (Å²) in [5, 5.41) is 4.56. The topological polar surface area (TPSA) is 50.4 Å². The summed E-state index contributed by atoms with van der Waals surface area (Å²) >= 11 is 5.62. The molecule has 3 aromatic rings. The van der Waals surface area contributed by atoms with Crippen molar-refractivity contribution in [3.8, 4) is 11.5 Å². The number of benzene rings is 3. The predicted octanol–water partition coefficient (Wildman–Crippen LogP) is 8.87. The second-order valence-corrected chi connectivity index (χ2v) is 11.0. The van der Waals surface area contributed by atoms with Crippen LogP contribution in [0.25, 0.3) is 0 Å². The molecule has 0 radical (unpaired) electrons. The molecule has 0 aliphatic heterocycles. The molecule has 192 valence electrons. The molecule has 4 nitrogen and oxygen atoms in total. The first-order chi connectivity index (χ1) is 17.7. The summed E-state index contributed by atoms with van der Waals surface area (Å²) in [5.74, 6) is 4.02. The predicted molar refractivity (Wildman–Crippen MR) is 137 cm³/mol. The van der Waals surface area contributed by atoms with Crippen LogP contribution in [0.15, 0.2) is 66.7 Å². The zero-order valence-corrected chi connectivity index (χ0v) is 20.7. The van der Waals surface area contributed by atoms with E-state index in [4.69, 9.17) is 16.3 Å². The lowest BCUT2D eigenvalue weighted by Crippen LogP contribution is -2.27. The fourth-order valence-corrected chi connectivity index (χ4v) is 7.20. The van der Waals surface area contributed by atoms with Gasteiger partial charge in [-0.15, -0.1) is 0 Å². The lowest BCUT2D eigenvalue weighted by Gasteiger charge is -2.33. The standard InChI is InChI=1S/C29H26ClF3N2O2/c30-26-10-5-22(14-25(26)29(31,32)33)35-27(36)34-21-3-8-24(9-4-21)37-23-6-1-19(2-7-23)28-15-17-11-18(16-28)13-20(28)12-17/h1-10,14,17-18,20H,11-13,15-16H2,(H2,34,35,36). The summed E-state index contributed by atoms with van der Waals surface area (Å²) in [7, 11) is 0. The van der Waals surface area contributed by atoms with Gasteiger partial charge < -0.3 is 15.4 Å². The van der Waals surface area contributed by atoms with Crippen molar-refractivity contribution in [1.82, 2.24) is 0 Å². The van der Waals surface area contributed by atoms with Gasteiger partial charge in [0.15, 0.2) is 0 Å². The summed E-state index contributed by atoms with van der Waals surface area (Å²) in [6.07, 6.45) is 2.25. The van der Waals surface area contributed by atoms with Crippen molar-refractivity contribution < 1.29 is 22.7 Å². The Morgan fingerprint density at radius 2 is 1.41 bits per heavy atom. The zero-order chi connectivity index (χ0) is 25.8. The maximum absolute atomic E-state index is 13.0. The normalized spacial score (nSPS) is 25.8. The minimum atomic E-state index is -4.61. The van der Waals surface area contributed by atoms with E-state index in [1.54, 1.807) is 24.3 Å². The van der Waals surface area contributed by atoms with Crippen molar-refractivity contribution in [3.05, 3.63) is 82.9 Å². The minimum Gasteiger partial charge on any atom is -0.457 e. The van der Waals surface area contributed by atoms with Crippen LogP contribution in [-0.2, 0) is 11.6 Å². The van der Waals surface area contributed by atoms with Gasteiger partial charge in [0.05, 0.1) is 10.6 Å². The van der Waals surface area contributed by atoms with Crippen LogP contribution in [0.2, 0.25) is 5.02 Å². The van der Waals surface area contributed by atoms with Crippen LogP contribution in [0, 0.1) is 17.8 Å². The van der Waals surface area contributed by atoms with Gasteiger partial charge in [0.25, 0.3) is 0 Å². The SMILES string of the molecule is O=C(Nc1ccc(Oc2ccc(C34CC5CC(CC3C5)C4)cc2)cc1)Nc1ccc(Cl)c(C(F)(F)F)c1. The number of hydrogen-bond acceptors (Lipinski definition) is 2. The number of halogens is 4. The summed E-state index contributed by atoms with van der Waals surface area (Å²) in [6, 6.07) is 17.8. The van der Waals surface area contributed by atoms with Gasteiger partial charge in [-0.1, -0.05) is 23.7 Å². The Hall–Kier alpha value is -3.19. The molecule has 0 aromatic heterocycles. The molecule has 4 aliphatic carbocycles. The first-order valence-electron chi connectivity index (χ1n) is 12.5. The fraction of sp³-hybridized carbons (Fsp3) is 0.345. The Morgan fingerprint density at radius 3 is 2.03 bits per heavy atom. The van der Waals surface area contributed by atoms with Crippen molar-refractivity contribution in [3.63, 3.8) is 0 Å². The molecule has 4 bridgehead atoms. The van der Waals surface area contributed by atoms with Gasteiger partial charge in [0.1, 0.15) is 11.5 Å². The summed E-state index contributed by atoms with van der Waals surface area (Å²) < 4.78 is 45.1. The maximum atomic E-state index is 13.0. The number of carbonyl (C=O) groups excluding carboxylic acids is 1. The second kappa shape index (κ2) is 8.98. The highest BCUT2D eigenvalue weighted by atomic mass is 35.5. The Morgan fingerprint density at radius 1 is 0.838 bits per heavy atom. The van der Waals surface area contributed by atoms with E-state index in [2.05, 4.69) is 22.8 Å². The highest BCUT2D eigenvalue weighted by Crippen LogP contribution is 2.66. The molecule has 4 fully saturated rings. The van der Waals surface area contributed by atoms with E-state index in [1.165, 1.54) is 43.7 Å². The summed E-state index contributed by atoms with van der Waals surface area (Å²) in [6.45, 7) is 0. The van der Waals surface area contributed by atoms with E-state index in [9.17, 15) is 18.0 Å². The largest absolute Gasteiger partial charge is 0.457 e. The lowest BCUT2D eigenvalue weighted by atomic mass is 9.71. The van der Waals surface area contributed by atoms with E-state index in [1.807, 2.05) is 12.1 Å². The first-order valence-corrected chi connectivity index (χ1v) is 12.9. The number of rotatable bonds is 5. The number of amides is 2. The van der Waals surface area contributed by atoms with Gasteiger partial charge in [0.2, 0.25) is 0 Å². The number of alkyl halides is 3. The molecule has 2 amide bonds. The smallest absolute Gasteiger partial charge is 0.417 e. The van der Waals surface area contributed by atoms with Crippen molar-refractivity contribution >= 4 is 29.0 Å². The van der Waals surface area contributed by atoms with Gasteiger partial charge in [-0.25, -0.2) is 4.79 Å². The monoisotopic (exact) mass is 526 g/mol. The molecule has 4 saturated carbocycles. The third-order valence-corrected chi connectivity index (χ3v) is 8.63. The van der Waals surface area contributed by atoms with Crippen LogP contribution in [-0.4, -0.2) is 6.03 Å². The van der Waals surface area contributed by atoms with Crippen molar-refractivity contribution in [1.29, 1.82) is 0 Å². The molecule has 3 aromatic carbocycles. The highest BCUT2D eigenvalue weighted by molar-refractivity contribution is 6.31. The quantitative estimate of drug-likeness (QED) is 0.349. The average molecular weight is 527 g/mol. The van der Waals surface area contributed by atoms with Crippen LogP contribution < -0.4 is 15.4 Å². The molecule has 2 atom stereocenters. The zero-order valence-electron chi connectivity index (χ0n) is 19.9. The Balaban J connectivity index is 1.06. The third kappa shape index (κ3) is 4.65. The Labute approximate surface area is 218 Å². The second-order valence-electron chi connectivity index (χ2n) is 10.6. The molecular weight excluding hydrogens is 501 g/mol. The lowest BCUT2D eigenvalue weighted by molar-refractivity contribution is -0.137. The molecule has 7 rings (SSSR count). The van der Waals surface area contributed by atoms with E-state index in [0.29, 0.717) is 16.9 Å². The molecule has 2 N–H and O–H groups in total. The molecule has 8 heteroatoms. The molecule has 2 unspecified atom stereocenters. The molecular formula is C29H26ClF3N2O2. The van der Waals surface area contributed by atoms with Crippen molar-refractivity contribution in [2.24, 2.45) is 17.8 Å². The Bertz CT molecular complexity index is 1310. The number of hydrogen-bond donors (Lipinski definition) is 2. The van der Waals surface area contributed by atoms with Crippen LogP contribution >= 0.6 is 11.6 Å². The maximum Gasteiger partial charge on any atom is 0.417 e. The molecule has 0 spiro atoms. The minimum absolute atomic E-state index is 0.0178. The summed E-state index contributed by atoms with van der Waals surface area (Å²) in [5.41, 5.74) is 1.26. The van der Waals surface area contributed by atoms with E-state index < -0.39 is 22.8 Å². The number of carbonyl (C=O) groups is 1. The Kier molecular flexibility index (Phi) is 5.86. The molecule has 0 heterocycles.